The first-order valence-electron chi connectivity index (χ1n) is 8.32. The molecule has 20 heavy (non-hydrogen) atoms. The van der Waals surface area contributed by atoms with E-state index in [4.69, 9.17) is 0 Å². The zero-order chi connectivity index (χ0) is 13.8. The zero-order valence-corrected chi connectivity index (χ0v) is 13.9. The molecule has 1 saturated carbocycles. The number of benzene rings is 1. The first-order valence-corrected chi connectivity index (χ1v) is 9.11. The van der Waals surface area contributed by atoms with Gasteiger partial charge in [-0.1, -0.05) is 47.3 Å². The van der Waals surface area contributed by atoms with E-state index < -0.39 is 0 Å². The van der Waals surface area contributed by atoms with Gasteiger partial charge in [-0.15, -0.1) is 0 Å². The van der Waals surface area contributed by atoms with E-state index in [1.165, 1.54) is 74.5 Å². The number of rotatable bonds is 3. The first-order chi connectivity index (χ1) is 9.83. The van der Waals surface area contributed by atoms with E-state index >= 15 is 0 Å². The summed E-state index contributed by atoms with van der Waals surface area (Å²) in [6, 6.07) is 7.18. The van der Waals surface area contributed by atoms with Crippen LogP contribution in [0.25, 0.3) is 0 Å². The molecule has 0 aromatic heterocycles. The molecule has 1 aliphatic heterocycles. The van der Waals surface area contributed by atoms with Crippen LogP contribution in [-0.2, 0) is 6.42 Å². The Bertz CT molecular complexity index is 431. The second-order valence-electron chi connectivity index (χ2n) is 6.59. The van der Waals surface area contributed by atoms with Crippen LogP contribution in [0, 0.1) is 5.92 Å². The molecule has 1 heterocycles. The molecule has 0 bridgehead atoms. The highest BCUT2D eigenvalue weighted by atomic mass is 79.9. The Balaban J connectivity index is 1.66. The Kier molecular flexibility index (Phi) is 5.17. The number of nitrogens with one attached hydrogen (secondary N) is 1. The Labute approximate surface area is 131 Å². The highest BCUT2D eigenvalue weighted by Gasteiger charge is 2.19. The maximum atomic E-state index is 3.84. The van der Waals surface area contributed by atoms with Gasteiger partial charge in [-0.25, -0.2) is 0 Å². The lowest BCUT2D eigenvalue weighted by atomic mass is 9.83. The monoisotopic (exact) mass is 335 g/mol. The maximum Gasteiger partial charge on any atom is 0.0212 e. The fourth-order valence-corrected chi connectivity index (χ4v) is 4.61. The minimum Gasteiger partial charge on any atom is -0.317 e. The summed E-state index contributed by atoms with van der Waals surface area (Å²) in [5.41, 5.74) is 3.07. The largest absolute Gasteiger partial charge is 0.317 e. The van der Waals surface area contributed by atoms with E-state index in [1.807, 2.05) is 0 Å². The van der Waals surface area contributed by atoms with E-state index in [9.17, 15) is 0 Å². The summed E-state index contributed by atoms with van der Waals surface area (Å²) in [4.78, 5) is 0. The van der Waals surface area contributed by atoms with Crippen molar-refractivity contribution in [3.8, 4) is 0 Å². The quantitative estimate of drug-likeness (QED) is 0.815. The molecule has 1 nitrogen and oxygen atoms in total. The first kappa shape index (κ1) is 14.6. The lowest BCUT2D eigenvalue weighted by Gasteiger charge is -2.25. The third kappa shape index (κ3) is 3.65. The Morgan fingerprint density at radius 1 is 1.00 bits per heavy atom. The van der Waals surface area contributed by atoms with Gasteiger partial charge in [-0.2, -0.15) is 0 Å². The van der Waals surface area contributed by atoms with Gasteiger partial charge in [0.05, 0.1) is 0 Å². The van der Waals surface area contributed by atoms with Crippen LogP contribution in [0.2, 0.25) is 0 Å². The third-order valence-electron chi connectivity index (χ3n) is 5.09. The zero-order valence-electron chi connectivity index (χ0n) is 12.3. The smallest absolute Gasteiger partial charge is 0.0212 e. The van der Waals surface area contributed by atoms with Gasteiger partial charge in [0, 0.05) is 4.47 Å². The molecule has 2 fully saturated rings. The molecular formula is C18H26BrN. The molecule has 1 aliphatic carbocycles. The number of hydrogen-bond donors (Lipinski definition) is 1. The molecule has 110 valence electrons. The summed E-state index contributed by atoms with van der Waals surface area (Å²) in [6.45, 7) is 2.40. The molecule has 2 aliphatic rings. The van der Waals surface area contributed by atoms with Crippen LogP contribution < -0.4 is 5.32 Å². The van der Waals surface area contributed by atoms with Gasteiger partial charge >= 0.3 is 0 Å². The van der Waals surface area contributed by atoms with E-state index in [1.54, 1.807) is 5.56 Å². The van der Waals surface area contributed by atoms with Crippen molar-refractivity contribution in [2.24, 2.45) is 5.92 Å². The lowest BCUT2D eigenvalue weighted by Crippen LogP contribution is -2.28. The molecule has 0 unspecified atom stereocenters. The Hall–Kier alpha value is -0.340. The van der Waals surface area contributed by atoms with Crippen molar-refractivity contribution in [2.75, 3.05) is 13.1 Å². The summed E-state index contributed by atoms with van der Waals surface area (Å²) < 4.78 is 1.36. The van der Waals surface area contributed by atoms with E-state index in [0.717, 1.165) is 11.8 Å². The predicted molar refractivity (Wildman–Crippen MR) is 89.3 cm³/mol. The summed E-state index contributed by atoms with van der Waals surface area (Å²) in [6.07, 6.45) is 10.9. The standard InChI is InChI=1S/C18H26BrN/c19-18-13-15(12-14-8-10-20-11-9-14)6-7-17(18)16-4-2-1-3-5-16/h6-7,13-14,16,20H,1-5,8-12H2. The number of piperidine rings is 1. The van der Waals surface area contributed by atoms with Gasteiger partial charge in [0.25, 0.3) is 0 Å². The van der Waals surface area contributed by atoms with Crippen LogP contribution in [0.3, 0.4) is 0 Å². The van der Waals surface area contributed by atoms with E-state index in [0.29, 0.717) is 0 Å². The minimum absolute atomic E-state index is 0.797. The molecule has 0 atom stereocenters. The molecule has 0 spiro atoms. The van der Waals surface area contributed by atoms with Crippen molar-refractivity contribution < 1.29 is 0 Å². The van der Waals surface area contributed by atoms with Crippen LogP contribution in [0.5, 0.6) is 0 Å². The summed E-state index contributed by atoms with van der Waals surface area (Å²) in [5, 5.41) is 3.45. The van der Waals surface area contributed by atoms with Crippen molar-refractivity contribution in [3.05, 3.63) is 33.8 Å². The summed E-state index contributed by atoms with van der Waals surface area (Å²) in [5.74, 6) is 1.68. The third-order valence-corrected chi connectivity index (χ3v) is 5.78. The average Bonchev–Trinajstić information content (AvgIpc) is 2.49. The van der Waals surface area contributed by atoms with Crippen LogP contribution in [0.4, 0.5) is 0 Å². The molecule has 1 aromatic carbocycles. The summed E-state index contributed by atoms with van der Waals surface area (Å²) >= 11 is 3.84. The van der Waals surface area contributed by atoms with Gasteiger partial charge < -0.3 is 5.32 Å². The summed E-state index contributed by atoms with van der Waals surface area (Å²) in [7, 11) is 0. The molecule has 1 saturated heterocycles. The second kappa shape index (κ2) is 7.09. The highest BCUT2D eigenvalue weighted by molar-refractivity contribution is 9.10. The van der Waals surface area contributed by atoms with Crippen molar-refractivity contribution in [2.45, 2.75) is 57.3 Å². The van der Waals surface area contributed by atoms with Crippen LogP contribution in [0.1, 0.15) is 62.0 Å². The topological polar surface area (TPSA) is 12.0 Å². The average molecular weight is 336 g/mol. The molecule has 1 N–H and O–H groups in total. The van der Waals surface area contributed by atoms with Crippen molar-refractivity contribution in [1.29, 1.82) is 0 Å². The second-order valence-corrected chi connectivity index (χ2v) is 7.44. The molecule has 2 heteroatoms. The van der Waals surface area contributed by atoms with Crippen molar-refractivity contribution >= 4 is 15.9 Å². The van der Waals surface area contributed by atoms with E-state index in [-0.39, 0.29) is 0 Å². The van der Waals surface area contributed by atoms with Gasteiger partial charge in [0.2, 0.25) is 0 Å². The maximum absolute atomic E-state index is 3.84. The molecule has 0 radical (unpaired) electrons. The number of hydrogen-bond acceptors (Lipinski definition) is 1. The molecule has 3 rings (SSSR count). The Morgan fingerprint density at radius 3 is 2.45 bits per heavy atom. The van der Waals surface area contributed by atoms with Crippen molar-refractivity contribution in [1.82, 2.24) is 5.32 Å². The van der Waals surface area contributed by atoms with Gasteiger partial charge in [-0.05, 0) is 74.2 Å². The fourth-order valence-electron chi connectivity index (χ4n) is 3.86. The van der Waals surface area contributed by atoms with Gasteiger partial charge in [-0.3, -0.25) is 0 Å². The minimum atomic E-state index is 0.797. The van der Waals surface area contributed by atoms with Gasteiger partial charge in [0.1, 0.15) is 0 Å². The van der Waals surface area contributed by atoms with E-state index in [2.05, 4.69) is 39.4 Å². The highest BCUT2D eigenvalue weighted by Crippen LogP contribution is 2.37. The van der Waals surface area contributed by atoms with Gasteiger partial charge in [0.15, 0.2) is 0 Å². The number of halogens is 1. The SMILES string of the molecule is Brc1cc(CC2CCNCC2)ccc1C1CCCCC1. The normalized spacial score (nSPS) is 22.1. The Morgan fingerprint density at radius 2 is 1.75 bits per heavy atom. The fraction of sp³-hybridized carbons (Fsp3) is 0.667. The van der Waals surface area contributed by atoms with Crippen molar-refractivity contribution in [3.63, 3.8) is 0 Å². The lowest BCUT2D eigenvalue weighted by molar-refractivity contribution is 0.372. The van der Waals surface area contributed by atoms with Crippen LogP contribution in [0.15, 0.2) is 22.7 Å². The molecule has 1 aromatic rings. The molecule has 0 amide bonds. The molecular weight excluding hydrogens is 310 g/mol. The predicted octanol–water partition coefficient (Wildman–Crippen LogP) is 5.04. The van der Waals surface area contributed by atoms with Crippen LogP contribution >= 0.6 is 15.9 Å². The van der Waals surface area contributed by atoms with Crippen LogP contribution in [-0.4, -0.2) is 13.1 Å².